The smallest absolute Gasteiger partial charge is 0.313 e. The molecule has 1 atom stereocenters. The molecule has 0 saturated carbocycles. The van der Waals surface area contributed by atoms with E-state index in [2.05, 4.69) is 17.8 Å². The lowest BCUT2D eigenvalue weighted by atomic mass is 9.85. The van der Waals surface area contributed by atoms with Crippen LogP contribution in [0.15, 0.2) is 59.3 Å². The highest BCUT2D eigenvalue weighted by Crippen LogP contribution is 2.26. The van der Waals surface area contributed by atoms with E-state index in [1.807, 2.05) is 19.9 Å². The number of carbonyl (C=O) groups excluding carboxylic acids is 1. The Labute approximate surface area is 119 Å². The topological polar surface area (TPSA) is 38.7 Å². The predicted octanol–water partition coefficient (Wildman–Crippen LogP) is 4.13. The highest BCUT2D eigenvalue weighted by molar-refractivity contribution is 6.01. The Balaban J connectivity index is 2.07. The van der Waals surface area contributed by atoms with Gasteiger partial charge in [0.1, 0.15) is 0 Å². The number of nitrogens with zero attached hydrogens (tertiary/aromatic N) is 1. The van der Waals surface area contributed by atoms with Gasteiger partial charge in [-0.15, -0.1) is 0 Å². The highest BCUT2D eigenvalue weighted by atomic mass is 16.7. The molecule has 1 aliphatic carbocycles. The van der Waals surface area contributed by atoms with Crippen molar-refractivity contribution in [3.05, 3.63) is 59.7 Å². The molecule has 1 aromatic carbocycles. The molecule has 0 amide bonds. The number of carbonyl (C=O) groups is 1. The third-order valence-electron chi connectivity index (χ3n) is 3.55. The lowest BCUT2D eigenvalue weighted by Crippen LogP contribution is -2.16. The van der Waals surface area contributed by atoms with Gasteiger partial charge in [-0.25, -0.2) is 4.79 Å². The molecule has 20 heavy (non-hydrogen) atoms. The molecule has 0 radical (unpaired) electrons. The van der Waals surface area contributed by atoms with Crippen LogP contribution in [0.4, 0.5) is 0 Å². The van der Waals surface area contributed by atoms with Crippen molar-refractivity contribution in [3.63, 3.8) is 0 Å². The Kier molecular flexibility index (Phi) is 4.51. The molecule has 0 aliphatic heterocycles. The summed E-state index contributed by atoms with van der Waals surface area (Å²) in [6.45, 7) is 8.00. The average Bonchev–Trinajstić information content (AvgIpc) is 2.46. The molecule has 0 N–H and O–H groups in total. The number of oxime groups is 1. The first-order valence-corrected chi connectivity index (χ1v) is 6.73. The molecular formula is C17H19NO2. The van der Waals surface area contributed by atoms with E-state index >= 15 is 0 Å². The predicted molar refractivity (Wildman–Crippen MR) is 80.6 cm³/mol. The van der Waals surface area contributed by atoms with E-state index in [0.717, 1.165) is 29.7 Å². The maximum Gasteiger partial charge on any atom is 0.365 e. The summed E-state index contributed by atoms with van der Waals surface area (Å²) in [6, 6.07) is 8.87. The number of benzene rings is 1. The van der Waals surface area contributed by atoms with Crippen molar-refractivity contribution in [2.75, 3.05) is 0 Å². The number of hydrogen-bond acceptors (Lipinski definition) is 3. The van der Waals surface area contributed by atoms with E-state index in [4.69, 9.17) is 4.84 Å². The molecule has 0 saturated heterocycles. The molecule has 0 spiro atoms. The van der Waals surface area contributed by atoms with Gasteiger partial charge in [-0.1, -0.05) is 41.6 Å². The summed E-state index contributed by atoms with van der Waals surface area (Å²) < 4.78 is 0. The van der Waals surface area contributed by atoms with Crippen molar-refractivity contribution in [1.82, 2.24) is 0 Å². The molecule has 104 valence electrons. The Morgan fingerprint density at radius 3 is 2.70 bits per heavy atom. The van der Waals surface area contributed by atoms with Gasteiger partial charge in [-0.05, 0) is 43.9 Å². The summed E-state index contributed by atoms with van der Waals surface area (Å²) in [5, 5.41) is 4.03. The Hall–Kier alpha value is -2.16. The maximum absolute atomic E-state index is 11.8. The van der Waals surface area contributed by atoms with Crippen LogP contribution in [0, 0.1) is 5.92 Å². The molecule has 3 nitrogen and oxygen atoms in total. The van der Waals surface area contributed by atoms with Gasteiger partial charge in [0.2, 0.25) is 0 Å². The first-order valence-electron chi connectivity index (χ1n) is 6.73. The van der Waals surface area contributed by atoms with E-state index < -0.39 is 5.97 Å². The quantitative estimate of drug-likeness (QED) is 0.470. The third-order valence-corrected chi connectivity index (χ3v) is 3.55. The minimum atomic E-state index is -0.427. The van der Waals surface area contributed by atoms with Crippen LogP contribution < -0.4 is 0 Å². The summed E-state index contributed by atoms with van der Waals surface area (Å²) in [7, 11) is 0. The molecule has 0 aromatic heterocycles. The summed E-state index contributed by atoms with van der Waals surface area (Å²) in [5.41, 5.74) is 3.54. The zero-order valence-corrected chi connectivity index (χ0v) is 11.9. The van der Waals surface area contributed by atoms with Crippen molar-refractivity contribution in [2.45, 2.75) is 26.7 Å². The lowest BCUT2D eigenvalue weighted by molar-refractivity contribution is 0.0515. The molecular weight excluding hydrogens is 250 g/mol. The minimum Gasteiger partial charge on any atom is -0.313 e. The van der Waals surface area contributed by atoms with E-state index in [0.29, 0.717) is 11.5 Å². The highest BCUT2D eigenvalue weighted by Gasteiger charge is 2.19. The third kappa shape index (κ3) is 3.44. The van der Waals surface area contributed by atoms with E-state index in [1.165, 1.54) is 0 Å². The van der Waals surface area contributed by atoms with Gasteiger partial charge in [-0.3, -0.25) is 0 Å². The molecule has 3 heteroatoms. The molecule has 1 unspecified atom stereocenters. The second-order valence-corrected chi connectivity index (χ2v) is 5.15. The van der Waals surface area contributed by atoms with Crippen molar-refractivity contribution < 1.29 is 9.63 Å². The molecule has 2 rings (SSSR count). The van der Waals surface area contributed by atoms with Crippen molar-refractivity contribution in [3.8, 4) is 0 Å². The summed E-state index contributed by atoms with van der Waals surface area (Å²) >= 11 is 0. The zero-order valence-electron chi connectivity index (χ0n) is 11.9. The van der Waals surface area contributed by atoms with Gasteiger partial charge >= 0.3 is 5.97 Å². The fraction of sp³-hybridized carbons (Fsp3) is 0.294. The zero-order chi connectivity index (χ0) is 14.5. The number of hydrogen-bond donors (Lipinski definition) is 0. The second kappa shape index (κ2) is 6.33. The van der Waals surface area contributed by atoms with E-state index in [1.54, 1.807) is 24.3 Å². The van der Waals surface area contributed by atoms with Gasteiger partial charge in [0.25, 0.3) is 0 Å². The minimum absolute atomic E-state index is 0.382. The first kappa shape index (κ1) is 14.3. The molecule has 0 fully saturated rings. The van der Waals surface area contributed by atoms with Crippen LogP contribution in [0.25, 0.3) is 0 Å². The van der Waals surface area contributed by atoms with Crippen molar-refractivity contribution >= 4 is 11.7 Å². The monoisotopic (exact) mass is 269 g/mol. The van der Waals surface area contributed by atoms with Crippen molar-refractivity contribution in [1.29, 1.82) is 0 Å². The van der Waals surface area contributed by atoms with Crippen LogP contribution in [0.1, 0.15) is 37.0 Å². The van der Waals surface area contributed by atoms with Crippen LogP contribution in [0.3, 0.4) is 0 Å². The molecule has 1 aliphatic rings. The van der Waals surface area contributed by atoms with Gasteiger partial charge in [0, 0.05) is 6.42 Å². The van der Waals surface area contributed by atoms with Crippen LogP contribution in [-0.4, -0.2) is 11.7 Å². The fourth-order valence-electron chi connectivity index (χ4n) is 2.12. The van der Waals surface area contributed by atoms with Gasteiger partial charge < -0.3 is 4.84 Å². The van der Waals surface area contributed by atoms with Crippen molar-refractivity contribution in [2.24, 2.45) is 11.1 Å². The second-order valence-electron chi connectivity index (χ2n) is 5.15. The van der Waals surface area contributed by atoms with E-state index in [9.17, 15) is 4.79 Å². The Morgan fingerprint density at radius 1 is 1.35 bits per heavy atom. The molecule has 1 aromatic rings. The largest absolute Gasteiger partial charge is 0.365 e. The van der Waals surface area contributed by atoms with Crippen LogP contribution in [-0.2, 0) is 4.84 Å². The lowest BCUT2D eigenvalue weighted by Gasteiger charge is -2.21. The summed E-state index contributed by atoms with van der Waals surface area (Å²) in [6.07, 6.45) is 3.88. The normalized spacial score (nSPS) is 20.4. The summed E-state index contributed by atoms with van der Waals surface area (Å²) in [4.78, 5) is 16.9. The van der Waals surface area contributed by atoms with Crippen LogP contribution in [0.2, 0.25) is 0 Å². The number of allylic oxidation sites excluding steroid dienone is 3. The van der Waals surface area contributed by atoms with E-state index in [-0.39, 0.29) is 0 Å². The Morgan fingerprint density at radius 2 is 2.05 bits per heavy atom. The van der Waals surface area contributed by atoms with Crippen LogP contribution >= 0.6 is 0 Å². The molecule has 0 bridgehead atoms. The first-order chi connectivity index (χ1) is 9.58. The fourth-order valence-corrected chi connectivity index (χ4v) is 2.12. The number of rotatable bonds is 3. The Bertz CT molecular complexity index is 570. The summed E-state index contributed by atoms with van der Waals surface area (Å²) in [5.74, 6) is -0.0452. The van der Waals surface area contributed by atoms with Gasteiger partial charge in [0.05, 0.1) is 11.3 Å². The maximum atomic E-state index is 11.8. The molecule has 0 heterocycles. The van der Waals surface area contributed by atoms with Crippen LogP contribution in [0.5, 0.6) is 0 Å². The SMILES string of the molecule is C=C(C)C1CC=C(C)C(=NOC(=O)c2ccccc2)C1. The van der Waals surface area contributed by atoms with Gasteiger partial charge in [-0.2, -0.15) is 0 Å². The average molecular weight is 269 g/mol. The van der Waals surface area contributed by atoms with Gasteiger partial charge in [0.15, 0.2) is 0 Å². The standard InChI is InChI=1S/C17H19NO2/c1-12(2)15-10-9-13(3)16(11-15)18-20-17(19)14-7-5-4-6-8-14/h4-9,15H,1,10-11H2,2-3H3.